The van der Waals surface area contributed by atoms with E-state index < -0.39 is 90.9 Å². The highest BCUT2D eigenvalue weighted by Gasteiger charge is 2.54. The van der Waals surface area contributed by atoms with Crippen LogP contribution in [0.4, 0.5) is 8.78 Å². The largest absolute Gasteiger partial charge is 0.492 e. The van der Waals surface area contributed by atoms with Crippen molar-refractivity contribution in [1.29, 1.82) is 0 Å². The van der Waals surface area contributed by atoms with Crippen LogP contribution in [0.15, 0.2) is 11.8 Å². The van der Waals surface area contributed by atoms with E-state index in [2.05, 4.69) is 16.0 Å². The molecule has 14 N–H and O–H groups in total. The minimum absolute atomic E-state index is 0.0839. The van der Waals surface area contributed by atoms with Gasteiger partial charge in [0.25, 0.3) is 11.8 Å². The lowest BCUT2D eigenvalue weighted by Gasteiger charge is -2.50. The molecule has 1 aliphatic carbocycles. The summed E-state index contributed by atoms with van der Waals surface area (Å²) < 4.78 is 45.7. The van der Waals surface area contributed by atoms with Crippen molar-refractivity contribution in [3.63, 3.8) is 0 Å². The van der Waals surface area contributed by atoms with E-state index in [1.807, 2.05) is 0 Å². The second-order valence-corrected chi connectivity index (χ2v) is 11.4. The highest BCUT2D eigenvalue weighted by molar-refractivity contribution is 5.82. The average molecular weight is 613 g/mol. The first kappa shape index (κ1) is 34.9. The van der Waals surface area contributed by atoms with Crippen LogP contribution < -0.4 is 33.2 Å². The van der Waals surface area contributed by atoms with Gasteiger partial charge in [0.2, 0.25) is 0 Å². The number of aliphatic hydroxyl groups is 5. The Morgan fingerprint density at radius 3 is 2.60 bits per heavy atom. The van der Waals surface area contributed by atoms with Crippen LogP contribution in [-0.4, -0.2) is 144 Å². The highest BCUT2D eigenvalue weighted by atomic mass is 19.3. The number of rotatable bonds is 12. The molecule has 42 heavy (non-hydrogen) atoms. The Kier molecular flexibility index (Phi) is 12.0. The van der Waals surface area contributed by atoms with E-state index in [0.29, 0.717) is 18.7 Å². The molecule has 0 aromatic rings. The zero-order valence-corrected chi connectivity index (χ0v) is 23.7. The summed E-state index contributed by atoms with van der Waals surface area (Å²) in [5, 5.41) is 60.2. The van der Waals surface area contributed by atoms with E-state index >= 15 is 0 Å². The van der Waals surface area contributed by atoms with E-state index in [9.17, 15) is 34.0 Å². The maximum atomic E-state index is 14.0. The van der Waals surface area contributed by atoms with E-state index in [4.69, 9.17) is 36.5 Å². The molecule has 0 aromatic heterocycles. The zero-order valence-electron chi connectivity index (χ0n) is 23.7. The lowest BCUT2D eigenvalue weighted by molar-refractivity contribution is -0.297. The quantitative estimate of drug-likeness (QED) is 0.0924. The summed E-state index contributed by atoms with van der Waals surface area (Å²) in [6.07, 6.45) is -7.40. The number of nitrogens with one attached hydrogen (secondary N) is 3. The van der Waals surface area contributed by atoms with Crippen molar-refractivity contribution in [1.82, 2.24) is 16.0 Å². The fourth-order valence-electron chi connectivity index (χ4n) is 5.82. The number of likely N-dealkylation sites (N-methyl/N-ethyl adjacent to an activating group) is 1. The summed E-state index contributed by atoms with van der Waals surface area (Å²) in [6.45, 7) is 0.405. The van der Waals surface area contributed by atoms with Crippen molar-refractivity contribution in [3.8, 4) is 0 Å². The van der Waals surface area contributed by atoms with Gasteiger partial charge >= 0.3 is 0 Å². The van der Waals surface area contributed by atoms with Crippen LogP contribution in [0.2, 0.25) is 0 Å². The molecule has 0 aromatic carbocycles. The Hall–Kier alpha value is -1.61. The van der Waals surface area contributed by atoms with Gasteiger partial charge in [-0.05, 0) is 32.9 Å². The number of carbonyl (C=O) groups is 1. The van der Waals surface area contributed by atoms with Crippen LogP contribution in [0.25, 0.3) is 0 Å². The van der Waals surface area contributed by atoms with Crippen LogP contribution in [0.5, 0.6) is 0 Å². The molecule has 1 saturated heterocycles. The van der Waals surface area contributed by atoms with Crippen LogP contribution in [0.1, 0.15) is 19.8 Å². The summed E-state index contributed by atoms with van der Waals surface area (Å²) in [6, 6.07) is -3.63. The predicted molar refractivity (Wildman–Crippen MR) is 144 cm³/mol. The Labute approximate surface area is 242 Å². The monoisotopic (exact) mass is 612 g/mol. The summed E-state index contributed by atoms with van der Waals surface area (Å²) in [4.78, 5) is 12.6. The third kappa shape index (κ3) is 7.72. The summed E-state index contributed by atoms with van der Waals surface area (Å²) in [5.74, 6) is -5.77. The van der Waals surface area contributed by atoms with Crippen molar-refractivity contribution in [2.24, 2.45) is 23.1 Å². The van der Waals surface area contributed by atoms with Gasteiger partial charge in [-0.3, -0.25) is 4.79 Å². The molecule has 17 heteroatoms. The molecule has 2 unspecified atom stereocenters. The molecule has 0 bridgehead atoms. The van der Waals surface area contributed by atoms with Crippen LogP contribution in [-0.2, 0) is 19.0 Å². The first-order chi connectivity index (χ1) is 19.7. The maximum Gasteiger partial charge on any atom is 0.294 e. The van der Waals surface area contributed by atoms with Gasteiger partial charge in [-0.1, -0.05) is 0 Å². The Balaban J connectivity index is 1.88. The minimum atomic E-state index is -3.93. The predicted octanol–water partition coefficient (Wildman–Crippen LogP) is -4.84. The van der Waals surface area contributed by atoms with Crippen molar-refractivity contribution < 1.29 is 53.3 Å². The third-order valence-electron chi connectivity index (χ3n) is 8.12. The summed E-state index contributed by atoms with van der Waals surface area (Å²) in [7, 11) is 1.51. The molecule has 3 aliphatic rings. The fraction of sp³-hybridized carbons (Fsp3) is 0.880. The number of hydrogen-bond acceptors (Lipinski definition) is 14. The smallest absolute Gasteiger partial charge is 0.294 e. The molecule has 0 spiro atoms. The number of alkyl halides is 2. The first-order valence-electron chi connectivity index (χ1n) is 14.0. The van der Waals surface area contributed by atoms with Crippen LogP contribution in [0.3, 0.4) is 0 Å². The molecular formula is C25H46F2N6O9. The van der Waals surface area contributed by atoms with Crippen molar-refractivity contribution >= 4 is 5.91 Å². The molecule has 1 saturated carbocycles. The molecule has 2 heterocycles. The van der Waals surface area contributed by atoms with Crippen LogP contribution >= 0.6 is 0 Å². The van der Waals surface area contributed by atoms with Crippen molar-refractivity contribution in [2.75, 3.05) is 39.9 Å². The number of nitrogens with two attached hydrogens (primary N) is 3. The normalized spacial score (nSPS) is 40.1. The number of halogens is 2. The number of hydrogen-bond donors (Lipinski definition) is 11. The third-order valence-corrected chi connectivity index (χ3v) is 8.12. The average Bonchev–Trinajstić information content (AvgIpc) is 2.93. The SMILES string of the molecule is CN[C@@H]1[C@@H](O)[C@@H](O[C@H]2[C@H](NC(=O)C(O)C(F)(F)CN)C[C@H](N)C([C@H]3OC(CNCCO)=CC[C@H]3N)[C@@H]2O)OC[C@]1(C)O. The maximum absolute atomic E-state index is 14.0. The van der Waals surface area contributed by atoms with E-state index in [1.165, 1.54) is 14.0 Å². The molecule has 12 atom stereocenters. The summed E-state index contributed by atoms with van der Waals surface area (Å²) >= 11 is 0. The molecule has 1 amide bonds. The van der Waals surface area contributed by atoms with Gasteiger partial charge in [-0.15, -0.1) is 0 Å². The van der Waals surface area contributed by atoms with Crippen molar-refractivity contribution in [3.05, 3.63) is 11.8 Å². The molecule has 2 aliphatic heterocycles. The van der Waals surface area contributed by atoms with Gasteiger partial charge in [0, 0.05) is 24.5 Å². The lowest BCUT2D eigenvalue weighted by atomic mass is 9.72. The molecular weight excluding hydrogens is 566 g/mol. The molecule has 244 valence electrons. The minimum Gasteiger partial charge on any atom is -0.492 e. The molecule has 3 rings (SSSR count). The van der Waals surface area contributed by atoms with Crippen molar-refractivity contribution in [2.45, 2.75) is 92.3 Å². The second-order valence-electron chi connectivity index (χ2n) is 11.4. The number of carbonyl (C=O) groups excluding carboxylic acids is 1. The number of aliphatic hydroxyl groups excluding tert-OH is 4. The molecule has 15 nitrogen and oxygen atoms in total. The molecule has 2 fully saturated rings. The van der Waals surface area contributed by atoms with E-state index in [1.54, 1.807) is 6.08 Å². The van der Waals surface area contributed by atoms with Gasteiger partial charge in [0.05, 0.1) is 44.5 Å². The number of ether oxygens (including phenoxy) is 3. The lowest BCUT2D eigenvalue weighted by Crippen LogP contribution is -2.70. The van der Waals surface area contributed by atoms with E-state index in [-0.39, 0.29) is 26.2 Å². The first-order valence-corrected chi connectivity index (χ1v) is 14.0. The Bertz CT molecular complexity index is 935. The van der Waals surface area contributed by atoms with Gasteiger partial charge in [-0.25, -0.2) is 8.78 Å². The standard InChI is InChI=1S/C25H46F2N6O9/c1-24(39)10-40-23(17(36)20(24)31-2)42-19-14(33-22(38)21(37)25(26,27)9-28)7-13(30)15(16(19)35)18-12(29)4-3-11(41-18)8-32-5-6-34/h3,12-21,23,31-32,34-37,39H,4-10,28-30H2,1-2H3,(H,33,38)/t12-,13+,14-,15?,16+,17-,18+,19+,20-,21?,23-,24+/m1/s1. The van der Waals surface area contributed by atoms with Gasteiger partial charge in [-0.2, -0.15) is 0 Å². The Morgan fingerprint density at radius 2 is 1.98 bits per heavy atom. The van der Waals surface area contributed by atoms with E-state index in [0.717, 1.165) is 0 Å². The topological polar surface area (TPSA) is 260 Å². The zero-order chi connectivity index (χ0) is 31.4. The van der Waals surface area contributed by atoms with Gasteiger partial charge in [0.15, 0.2) is 12.4 Å². The Morgan fingerprint density at radius 1 is 1.29 bits per heavy atom. The van der Waals surface area contributed by atoms with Crippen LogP contribution in [0, 0.1) is 5.92 Å². The number of amides is 1. The second kappa shape index (κ2) is 14.4. The van der Waals surface area contributed by atoms with Gasteiger partial charge < -0.3 is 72.9 Å². The fourth-order valence-corrected chi connectivity index (χ4v) is 5.82. The summed E-state index contributed by atoms with van der Waals surface area (Å²) in [5.41, 5.74) is 16.3. The highest BCUT2D eigenvalue weighted by Crippen LogP contribution is 2.36. The molecule has 0 radical (unpaired) electrons. The van der Waals surface area contributed by atoms with Gasteiger partial charge in [0.1, 0.15) is 29.7 Å².